The molecule has 82 valence electrons. The summed E-state index contributed by atoms with van der Waals surface area (Å²) in [6, 6.07) is 2.09. The molecule has 0 spiro atoms. The Morgan fingerprint density at radius 1 is 1.38 bits per heavy atom. The molecule has 0 amide bonds. The Bertz CT molecular complexity index is 566. The van der Waals surface area contributed by atoms with Gasteiger partial charge in [0.15, 0.2) is 0 Å². The van der Waals surface area contributed by atoms with Gasteiger partial charge in [0.2, 0.25) is 0 Å². The molecule has 2 aromatic heterocycles. The summed E-state index contributed by atoms with van der Waals surface area (Å²) in [7, 11) is 0. The number of hydrogen-bond acceptors (Lipinski definition) is 3. The third-order valence-electron chi connectivity index (χ3n) is 2.98. The summed E-state index contributed by atoms with van der Waals surface area (Å²) < 4.78 is 1.32. The topological polar surface area (TPSA) is 25.2 Å². The second-order valence-electron chi connectivity index (χ2n) is 5.12. The summed E-state index contributed by atoms with van der Waals surface area (Å²) in [5, 5.41) is 1.25. The average molecular weight is 230 g/mol. The van der Waals surface area contributed by atoms with Crippen LogP contribution in [0.1, 0.15) is 24.3 Å². The molecule has 0 saturated carbocycles. The summed E-state index contributed by atoms with van der Waals surface area (Å²) in [5.74, 6) is 0. The van der Waals surface area contributed by atoms with Crippen LogP contribution in [0.25, 0.3) is 10.1 Å². The highest BCUT2D eigenvalue weighted by Gasteiger charge is 2.24. The van der Waals surface area contributed by atoms with Crippen molar-refractivity contribution in [2.24, 2.45) is 10.4 Å². The molecule has 0 aliphatic carbocycles. The number of thiophene rings is 1. The van der Waals surface area contributed by atoms with Crippen molar-refractivity contribution in [1.82, 2.24) is 4.98 Å². The van der Waals surface area contributed by atoms with Crippen LogP contribution in [0.4, 0.5) is 0 Å². The predicted octanol–water partition coefficient (Wildman–Crippen LogP) is 3.30. The first-order chi connectivity index (χ1) is 7.66. The monoisotopic (exact) mass is 230 g/mol. The fraction of sp³-hybridized carbons (Fsp3) is 0.385. The van der Waals surface area contributed by atoms with E-state index in [4.69, 9.17) is 0 Å². The van der Waals surface area contributed by atoms with Crippen molar-refractivity contribution >= 4 is 27.6 Å². The molecule has 0 unspecified atom stereocenters. The largest absolute Gasteiger partial charge is 0.292 e. The first-order valence-corrected chi connectivity index (χ1v) is 6.33. The normalized spacial score (nSPS) is 18.4. The minimum atomic E-state index is 0.274. The number of pyridine rings is 1. The van der Waals surface area contributed by atoms with Gasteiger partial charge in [-0.2, -0.15) is 0 Å². The summed E-state index contributed by atoms with van der Waals surface area (Å²) in [4.78, 5) is 10.2. The Balaban J connectivity index is 2.25. The van der Waals surface area contributed by atoms with Crippen LogP contribution < -0.4 is 0 Å². The maximum Gasteiger partial charge on any atom is 0.0444 e. The maximum atomic E-state index is 4.54. The van der Waals surface area contributed by atoms with E-state index >= 15 is 0 Å². The van der Waals surface area contributed by atoms with Crippen LogP contribution in [0, 0.1) is 5.41 Å². The van der Waals surface area contributed by atoms with Crippen LogP contribution in [-0.2, 0) is 6.42 Å². The van der Waals surface area contributed by atoms with Gasteiger partial charge in [-0.1, -0.05) is 13.8 Å². The van der Waals surface area contributed by atoms with Gasteiger partial charge in [-0.05, 0) is 17.9 Å². The molecule has 0 atom stereocenters. The second kappa shape index (κ2) is 3.39. The molecule has 2 aromatic rings. The summed E-state index contributed by atoms with van der Waals surface area (Å²) in [6.07, 6.45) is 6.96. The Hall–Kier alpha value is -1.22. The van der Waals surface area contributed by atoms with E-state index in [0.29, 0.717) is 0 Å². The molecule has 2 nitrogen and oxygen atoms in total. The van der Waals surface area contributed by atoms with E-state index in [-0.39, 0.29) is 5.41 Å². The zero-order valence-electron chi connectivity index (χ0n) is 9.53. The lowest BCUT2D eigenvalue weighted by molar-refractivity contribution is 0.384. The van der Waals surface area contributed by atoms with E-state index in [9.17, 15) is 0 Å². The molecule has 0 saturated heterocycles. The number of aromatic nitrogens is 1. The van der Waals surface area contributed by atoms with Gasteiger partial charge in [0, 0.05) is 45.7 Å². The van der Waals surface area contributed by atoms with Gasteiger partial charge in [0.1, 0.15) is 0 Å². The molecular weight excluding hydrogens is 216 g/mol. The van der Waals surface area contributed by atoms with E-state index in [1.165, 1.54) is 20.5 Å². The first kappa shape index (κ1) is 9.97. The van der Waals surface area contributed by atoms with Crippen LogP contribution in [-0.4, -0.2) is 17.7 Å². The van der Waals surface area contributed by atoms with Gasteiger partial charge >= 0.3 is 0 Å². The molecule has 0 bridgehead atoms. The fourth-order valence-electron chi connectivity index (χ4n) is 2.16. The summed E-state index contributed by atoms with van der Waals surface area (Å²) in [6.45, 7) is 5.47. The van der Waals surface area contributed by atoms with Crippen molar-refractivity contribution < 1.29 is 0 Å². The Morgan fingerprint density at radius 2 is 2.25 bits per heavy atom. The number of rotatable bonds is 0. The van der Waals surface area contributed by atoms with Crippen LogP contribution in [0.2, 0.25) is 0 Å². The molecule has 0 aromatic carbocycles. The molecule has 0 N–H and O–H groups in total. The minimum absolute atomic E-state index is 0.274. The number of nitrogens with zero attached hydrogens (tertiary/aromatic N) is 2. The van der Waals surface area contributed by atoms with Crippen LogP contribution >= 0.6 is 11.3 Å². The lowest BCUT2D eigenvalue weighted by Crippen LogP contribution is -2.17. The van der Waals surface area contributed by atoms with Crippen molar-refractivity contribution in [3.63, 3.8) is 0 Å². The van der Waals surface area contributed by atoms with Crippen molar-refractivity contribution in [2.45, 2.75) is 20.3 Å². The quantitative estimate of drug-likeness (QED) is 0.681. The Kier molecular flexibility index (Phi) is 2.11. The summed E-state index contributed by atoms with van der Waals surface area (Å²) >= 11 is 1.88. The molecule has 3 rings (SSSR count). The van der Waals surface area contributed by atoms with Gasteiger partial charge in [-0.15, -0.1) is 11.3 Å². The molecule has 3 heteroatoms. The molecule has 3 heterocycles. The van der Waals surface area contributed by atoms with Gasteiger partial charge in [-0.25, -0.2) is 0 Å². The van der Waals surface area contributed by atoms with E-state index in [1.807, 2.05) is 29.9 Å². The molecule has 1 aliphatic heterocycles. The number of fused-ring (bicyclic) bond motifs is 3. The lowest BCUT2D eigenvalue weighted by atomic mass is 9.88. The van der Waals surface area contributed by atoms with Crippen molar-refractivity contribution in [3.8, 4) is 0 Å². The molecular formula is C13H14N2S. The van der Waals surface area contributed by atoms with Crippen molar-refractivity contribution in [1.29, 1.82) is 0 Å². The minimum Gasteiger partial charge on any atom is -0.292 e. The Labute approximate surface area is 99.1 Å². The smallest absolute Gasteiger partial charge is 0.0444 e. The number of hydrogen-bond donors (Lipinski definition) is 0. The third-order valence-corrected chi connectivity index (χ3v) is 4.17. The summed E-state index contributed by atoms with van der Waals surface area (Å²) in [5.41, 5.74) is 1.56. The lowest BCUT2D eigenvalue weighted by Gasteiger charge is -2.19. The highest BCUT2D eigenvalue weighted by atomic mass is 32.1. The SMILES string of the molecule is CC1(C)CN=Cc2c(sc3ccncc23)C1. The molecule has 16 heavy (non-hydrogen) atoms. The van der Waals surface area contributed by atoms with Gasteiger partial charge in [-0.3, -0.25) is 9.98 Å². The van der Waals surface area contributed by atoms with E-state index in [0.717, 1.165) is 13.0 Å². The highest BCUT2D eigenvalue weighted by Crippen LogP contribution is 2.36. The predicted molar refractivity (Wildman–Crippen MR) is 69.6 cm³/mol. The van der Waals surface area contributed by atoms with Gasteiger partial charge < -0.3 is 0 Å². The number of aliphatic imine (C=N–C) groups is 1. The van der Waals surface area contributed by atoms with Gasteiger partial charge in [0.25, 0.3) is 0 Å². The second-order valence-corrected chi connectivity index (χ2v) is 6.26. The van der Waals surface area contributed by atoms with Gasteiger partial charge in [0.05, 0.1) is 0 Å². The van der Waals surface area contributed by atoms with Crippen LogP contribution in [0.3, 0.4) is 0 Å². The van der Waals surface area contributed by atoms with Crippen molar-refractivity contribution in [3.05, 3.63) is 28.9 Å². The third kappa shape index (κ3) is 1.55. The zero-order chi connectivity index (χ0) is 11.2. The van der Waals surface area contributed by atoms with Crippen LogP contribution in [0.15, 0.2) is 23.5 Å². The molecule has 0 fully saturated rings. The Morgan fingerprint density at radius 3 is 3.12 bits per heavy atom. The fourth-order valence-corrected chi connectivity index (χ4v) is 3.56. The van der Waals surface area contributed by atoms with E-state index < -0.39 is 0 Å². The molecule has 0 radical (unpaired) electrons. The van der Waals surface area contributed by atoms with E-state index in [2.05, 4.69) is 29.9 Å². The standard InChI is InChI=1S/C13H14N2S/c1-13(2)5-12-10(7-15-8-13)9-6-14-4-3-11(9)16-12/h3-4,6-7H,5,8H2,1-2H3. The first-order valence-electron chi connectivity index (χ1n) is 5.51. The zero-order valence-corrected chi connectivity index (χ0v) is 10.3. The highest BCUT2D eigenvalue weighted by molar-refractivity contribution is 7.19. The maximum absolute atomic E-state index is 4.54. The van der Waals surface area contributed by atoms with Crippen LogP contribution in [0.5, 0.6) is 0 Å². The average Bonchev–Trinajstić information content (AvgIpc) is 2.48. The van der Waals surface area contributed by atoms with E-state index in [1.54, 1.807) is 0 Å². The van der Waals surface area contributed by atoms with Crippen molar-refractivity contribution in [2.75, 3.05) is 6.54 Å². The molecule has 1 aliphatic rings.